The van der Waals surface area contributed by atoms with Crippen LogP contribution in [0.4, 0.5) is 0 Å². The van der Waals surface area contributed by atoms with Crippen LogP contribution >= 0.6 is 24.0 Å². The standard InChI is InChI=1S/C12H15ClN2O2.ClH/c13-9-2-1-3-11(6-9)17-8-12(16)15-5-4-10(14)7-15;/h1-3,6,10H,4-5,7-8,14H2;1H/t10-;/m1./s1. The number of carbonyl (C=O) groups is 1. The molecule has 1 saturated heterocycles. The third-order valence-electron chi connectivity index (χ3n) is 2.74. The van der Waals surface area contributed by atoms with Crippen LogP contribution in [0.2, 0.25) is 5.02 Å². The average molecular weight is 291 g/mol. The quantitative estimate of drug-likeness (QED) is 0.922. The number of nitrogens with two attached hydrogens (primary N) is 1. The van der Waals surface area contributed by atoms with E-state index in [0.717, 1.165) is 13.0 Å². The second kappa shape index (κ2) is 6.83. The van der Waals surface area contributed by atoms with Gasteiger partial charge in [0.05, 0.1) is 0 Å². The Labute approximate surface area is 117 Å². The van der Waals surface area contributed by atoms with Gasteiger partial charge in [-0.15, -0.1) is 12.4 Å². The summed E-state index contributed by atoms with van der Waals surface area (Å²) in [6, 6.07) is 7.11. The lowest BCUT2D eigenvalue weighted by Crippen LogP contribution is -2.35. The predicted molar refractivity (Wildman–Crippen MR) is 73.4 cm³/mol. The average Bonchev–Trinajstić information content (AvgIpc) is 2.73. The number of benzene rings is 1. The zero-order chi connectivity index (χ0) is 12.3. The summed E-state index contributed by atoms with van der Waals surface area (Å²) in [5, 5.41) is 0.596. The Morgan fingerprint density at radius 1 is 1.56 bits per heavy atom. The molecule has 0 aromatic heterocycles. The monoisotopic (exact) mass is 290 g/mol. The Morgan fingerprint density at radius 3 is 2.94 bits per heavy atom. The van der Waals surface area contributed by atoms with Crippen LogP contribution in [-0.2, 0) is 4.79 Å². The first-order valence-corrected chi connectivity index (χ1v) is 5.94. The molecule has 1 aliphatic rings. The molecule has 1 heterocycles. The van der Waals surface area contributed by atoms with Crippen LogP contribution in [0.1, 0.15) is 6.42 Å². The van der Waals surface area contributed by atoms with E-state index < -0.39 is 0 Å². The van der Waals surface area contributed by atoms with Crippen LogP contribution < -0.4 is 10.5 Å². The number of hydrogen-bond donors (Lipinski definition) is 1. The SMILES string of the molecule is Cl.N[C@@H]1CCN(C(=O)COc2cccc(Cl)c2)C1. The van der Waals surface area contributed by atoms with Crippen LogP contribution in [0.5, 0.6) is 5.75 Å². The Hall–Kier alpha value is -0.970. The minimum atomic E-state index is -0.0297. The van der Waals surface area contributed by atoms with Gasteiger partial charge in [0.1, 0.15) is 5.75 Å². The predicted octanol–water partition coefficient (Wildman–Crippen LogP) is 1.70. The van der Waals surface area contributed by atoms with E-state index in [1.54, 1.807) is 29.2 Å². The van der Waals surface area contributed by atoms with Gasteiger partial charge in [-0.3, -0.25) is 4.79 Å². The summed E-state index contributed by atoms with van der Waals surface area (Å²) in [6.45, 7) is 1.38. The van der Waals surface area contributed by atoms with Gasteiger partial charge in [0, 0.05) is 24.2 Å². The van der Waals surface area contributed by atoms with E-state index in [4.69, 9.17) is 22.1 Å². The Morgan fingerprint density at radius 2 is 2.33 bits per heavy atom. The fraction of sp³-hybridized carbons (Fsp3) is 0.417. The lowest BCUT2D eigenvalue weighted by Gasteiger charge is -2.16. The maximum Gasteiger partial charge on any atom is 0.260 e. The molecule has 4 nitrogen and oxygen atoms in total. The molecule has 18 heavy (non-hydrogen) atoms. The van der Waals surface area contributed by atoms with Crippen molar-refractivity contribution in [3.8, 4) is 5.75 Å². The molecule has 2 rings (SSSR count). The van der Waals surface area contributed by atoms with Gasteiger partial charge in [-0.05, 0) is 24.6 Å². The molecule has 1 aliphatic heterocycles. The minimum absolute atomic E-state index is 0. The van der Waals surface area contributed by atoms with Crippen LogP contribution in [0.3, 0.4) is 0 Å². The third kappa shape index (κ3) is 4.05. The highest BCUT2D eigenvalue weighted by Crippen LogP contribution is 2.17. The molecule has 100 valence electrons. The molecule has 1 fully saturated rings. The van der Waals surface area contributed by atoms with E-state index in [9.17, 15) is 4.79 Å². The van der Waals surface area contributed by atoms with Crippen molar-refractivity contribution in [2.75, 3.05) is 19.7 Å². The van der Waals surface area contributed by atoms with E-state index >= 15 is 0 Å². The highest BCUT2D eigenvalue weighted by Gasteiger charge is 2.23. The van der Waals surface area contributed by atoms with Crippen LogP contribution in [0.25, 0.3) is 0 Å². The van der Waals surface area contributed by atoms with Crippen molar-refractivity contribution in [2.24, 2.45) is 5.73 Å². The molecule has 2 N–H and O–H groups in total. The first kappa shape index (κ1) is 15.1. The largest absolute Gasteiger partial charge is 0.484 e. The summed E-state index contributed by atoms with van der Waals surface area (Å²) >= 11 is 5.81. The molecule has 1 atom stereocenters. The minimum Gasteiger partial charge on any atom is -0.484 e. The Bertz CT molecular complexity index is 415. The molecule has 0 unspecified atom stereocenters. The van der Waals surface area contributed by atoms with Gasteiger partial charge >= 0.3 is 0 Å². The number of ether oxygens (including phenoxy) is 1. The van der Waals surface area contributed by atoms with Crippen molar-refractivity contribution in [3.05, 3.63) is 29.3 Å². The zero-order valence-electron chi connectivity index (χ0n) is 9.84. The van der Waals surface area contributed by atoms with Gasteiger partial charge in [0.2, 0.25) is 0 Å². The fourth-order valence-corrected chi connectivity index (χ4v) is 1.99. The summed E-state index contributed by atoms with van der Waals surface area (Å²) in [4.78, 5) is 13.5. The van der Waals surface area contributed by atoms with Gasteiger partial charge in [0.15, 0.2) is 6.61 Å². The van der Waals surface area contributed by atoms with Crippen LogP contribution in [0.15, 0.2) is 24.3 Å². The van der Waals surface area contributed by atoms with E-state index in [1.165, 1.54) is 0 Å². The molecular weight excluding hydrogens is 275 g/mol. The third-order valence-corrected chi connectivity index (χ3v) is 2.97. The van der Waals surface area contributed by atoms with Gasteiger partial charge in [-0.2, -0.15) is 0 Å². The van der Waals surface area contributed by atoms with Crippen molar-refractivity contribution in [1.29, 1.82) is 0 Å². The van der Waals surface area contributed by atoms with E-state index in [1.807, 2.05) is 0 Å². The molecule has 0 radical (unpaired) electrons. The smallest absolute Gasteiger partial charge is 0.260 e. The second-order valence-electron chi connectivity index (χ2n) is 4.13. The Balaban J connectivity index is 0.00000162. The molecule has 0 spiro atoms. The van der Waals surface area contributed by atoms with Crippen LogP contribution in [0, 0.1) is 0 Å². The number of hydrogen-bond acceptors (Lipinski definition) is 3. The first-order chi connectivity index (χ1) is 8.15. The van der Waals surface area contributed by atoms with E-state index in [2.05, 4.69) is 0 Å². The van der Waals surface area contributed by atoms with Gasteiger partial charge < -0.3 is 15.4 Å². The van der Waals surface area contributed by atoms with Crippen molar-refractivity contribution < 1.29 is 9.53 Å². The second-order valence-corrected chi connectivity index (χ2v) is 4.57. The summed E-state index contributed by atoms with van der Waals surface area (Å²) in [7, 11) is 0. The van der Waals surface area contributed by atoms with Gasteiger partial charge in [-0.1, -0.05) is 17.7 Å². The van der Waals surface area contributed by atoms with E-state index in [0.29, 0.717) is 17.3 Å². The van der Waals surface area contributed by atoms with Crippen molar-refractivity contribution in [3.63, 3.8) is 0 Å². The van der Waals surface area contributed by atoms with Crippen molar-refractivity contribution in [2.45, 2.75) is 12.5 Å². The lowest BCUT2D eigenvalue weighted by atomic mass is 10.3. The van der Waals surface area contributed by atoms with Crippen molar-refractivity contribution >= 4 is 29.9 Å². The number of halogens is 2. The maximum absolute atomic E-state index is 11.8. The molecular formula is C12H16Cl2N2O2. The Kier molecular flexibility index (Phi) is 5.72. The maximum atomic E-state index is 11.8. The highest BCUT2D eigenvalue weighted by molar-refractivity contribution is 6.30. The number of rotatable bonds is 3. The summed E-state index contributed by atoms with van der Waals surface area (Å²) in [6.07, 6.45) is 0.864. The van der Waals surface area contributed by atoms with Crippen molar-refractivity contribution in [1.82, 2.24) is 4.90 Å². The summed E-state index contributed by atoms with van der Waals surface area (Å²) in [5.74, 6) is 0.576. The molecule has 1 aromatic rings. The molecule has 1 amide bonds. The van der Waals surface area contributed by atoms with Crippen LogP contribution in [-0.4, -0.2) is 36.5 Å². The topological polar surface area (TPSA) is 55.6 Å². The van der Waals surface area contributed by atoms with Gasteiger partial charge in [0.25, 0.3) is 5.91 Å². The number of amides is 1. The normalized spacial score (nSPS) is 18.3. The molecule has 0 bridgehead atoms. The molecule has 0 aliphatic carbocycles. The molecule has 6 heteroatoms. The summed E-state index contributed by atoms with van der Waals surface area (Å²) in [5.41, 5.74) is 5.74. The fourth-order valence-electron chi connectivity index (χ4n) is 1.81. The summed E-state index contributed by atoms with van der Waals surface area (Å²) < 4.78 is 5.38. The molecule has 0 saturated carbocycles. The molecule has 1 aromatic carbocycles. The number of nitrogens with zero attached hydrogens (tertiary/aromatic N) is 1. The van der Waals surface area contributed by atoms with E-state index in [-0.39, 0.29) is 31.0 Å². The zero-order valence-corrected chi connectivity index (χ0v) is 11.4. The number of carbonyl (C=O) groups excluding carboxylic acids is 1. The highest BCUT2D eigenvalue weighted by atomic mass is 35.5. The number of likely N-dealkylation sites (tertiary alicyclic amines) is 1. The lowest BCUT2D eigenvalue weighted by molar-refractivity contribution is -0.132. The van der Waals surface area contributed by atoms with Gasteiger partial charge in [-0.25, -0.2) is 0 Å². The first-order valence-electron chi connectivity index (χ1n) is 5.57.